The maximum atomic E-state index is 12.9. The van der Waals surface area contributed by atoms with E-state index in [0.29, 0.717) is 18.0 Å². The van der Waals surface area contributed by atoms with Crippen LogP contribution in [-0.4, -0.2) is 51.3 Å². The molecule has 3 heterocycles. The second-order valence-corrected chi connectivity index (χ2v) is 6.48. The third-order valence-corrected chi connectivity index (χ3v) is 4.28. The molecular weight excluding hydrogens is 306 g/mol. The first kappa shape index (κ1) is 16.6. The normalized spacial score (nSPS) is 17.7. The number of carbonyl (C=O) groups excluding carboxylic acids is 1. The van der Waals surface area contributed by atoms with Gasteiger partial charge in [0.2, 0.25) is 0 Å². The number of aromatic nitrogens is 3. The molecule has 1 aliphatic rings. The fourth-order valence-corrected chi connectivity index (χ4v) is 3.20. The molecule has 0 radical (unpaired) electrons. The molecule has 7 nitrogen and oxygen atoms in total. The van der Waals surface area contributed by atoms with Gasteiger partial charge in [0.05, 0.1) is 11.7 Å². The van der Waals surface area contributed by atoms with Gasteiger partial charge in [0.25, 0.3) is 5.91 Å². The number of hydrogen-bond acceptors (Lipinski definition) is 6. The molecule has 0 spiro atoms. The number of nitrogens with zero attached hydrogens (tertiary/aromatic N) is 5. The van der Waals surface area contributed by atoms with Crippen LogP contribution in [0.2, 0.25) is 0 Å². The molecule has 0 saturated carbocycles. The van der Waals surface area contributed by atoms with Gasteiger partial charge in [-0.3, -0.25) is 4.79 Å². The number of amides is 1. The fourth-order valence-electron chi connectivity index (χ4n) is 3.20. The van der Waals surface area contributed by atoms with Crippen LogP contribution in [0, 0.1) is 13.8 Å². The summed E-state index contributed by atoms with van der Waals surface area (Å²) in [5.41, 5.74) is 2.40. The van der Waals surface area contributed by atoms with Crippen molar-refractivity contribution in [2.75, 3.05) is 20.6 Å². The van der Waals surface area contributed by atoms with E-state index in [4.69, 9.17) is 4.42 Å². The number of aryl methyl sites for hydroxylation is 2. The minimum absolute atomic E-state index is 0.0368. The van der Waals surface area contributed by atoms with Gasteiger partial charge in [-0.25, -0.2) is 15.0 Å². The lowest BCUT2D eigenvalue weighted by molar-refractivity contribution is 0.0724. The monoisotopic (exact) mass is 329 g/mol. The number of hydrogen-bond donors (Lipinski definition) is 0. The average molecular weight is 329 g/mol. The summed E-state index contributed by atoms with van der Waals surface area (Å²) in [6, 6.07) is -0.0368. The van der Waals surface area contributed by atoms with Crippen LogP contribution in [-0.2, 0) is 6.54 Å². The van der Waals surface area contributed by atoms with Gasteiger partial charge in [0.1, 0.15) is 11.6 Å². The Kier molecular flexibility index (Phi) is 4.62. The molecule has 1 amide bonds. The molecule has 128 valence electrons. The lowest BCUT2D eigenvalue weighted by Gasteiger charge is -2.26. The van der Waals surface area contributed by atoms with E-state index in [1.54, 1.807) is 6.92 Å². The number of oxazole rings is 1. The van der Waals surface area contributed by atoms with Crippen LogP contribution in [0.15, 0.2) is 17.0 Å². The Labute approximate surface area is 141 Å². The third-order valence-electron chi connectivity index (χ3n) is 4.28. The maximum absolute atomic E-state index is 12.9. The SMILES string of the molecule is Cc1ncc(CN(C)C)c([C@@H]2CCCN2C(=O)c2ncoc2C)n1. The van der Waals surface area contributed by atoms with Gasteiger partial charge < -0.3 is 14.2 Å². The van der Waals surface area contributed by atoms with Crippen molar-refractivity contribution in [2.24, 2.45) is 0 Å². The first-order valence-electron chi connectivity index (χ1n) is 8.15. The van der Waals surface area contributed by atoms with E-state index in [-0.39, 0.29) is 11.9 Å². The van der Waals surface area contributed by atoms with E-state index in [2.05, 4.69) is 19.9 Å². The second kappa shape index (κ2) is 6.68. The lowest BCUT2D eigenvalue weighted by Crippen LogP contribution is -2.32. The summed E-state index contributed by atoms with van der Waals surface area (Å²) in [6.07, 6.45) is 5.05. The van der Waals surface area contributed by atoms with Crippen molar-refractivity contribution in [2.45, 2.75) is 39.3 Å². The van der Waals surface area contributed by atoms with Crippen molar-refractivity contribution >= 4 is 5.91 Å². The second-order valence-electron chi connectivity index (χ2n) is 6.48. The first-order valence-corrected chi connectivity index (χ1v) is 8.15. The van der Waals surface area contributed by atoms with Gasteiger partial charge in [-0.2, -0.15) is 0 Å². The van der Waals surface area contributed by atoms with Crippen molar-refractivity contribution in [1.29, 1.82) is 0 Å². The van der Waals surface area contributed by atoms with E-state index in [0.717, 1.165) is 36.5 Å². The molecule has 2 aromatic heterocycles. The van der Waals surface area contributed by atoms with Crippen LogP contribution >= 0.6 is 0 Å². The molecule has 24 heavy (non-hydrogen) atoms. The summed E-state index contributed by atoms with van der Waals surface area (Å²) in [5, 5.41) is 0. The summed E-state index contributed by atoms with van der Waals surface area (Å²) >= 11 is 0. The molecule has 2 aromatic rings. The van der Waals surface area contributed by atoms with Gasteiger partial charge in [-0.05, 0) is 40.8 Å². The fraction of sp³-hybridized carbons (Fsp3) is 0.529. The van der Waals surface area contributed by atoms with Crippen molar-refractivity contribution < 1.29 is 9.21 Å². The van der Waals surface area contributed by atoms with Gasteiger partial charge in [-0.15, -0.1) is 0 Å². The van der Waals surface area contributed by atoms with Crippen LogP contribution in [0.5, 0.6) is 0 Å². The Morgan fingerprint density at radius 1 is 1.38 bits per heavy atom. The quantitative estimate of drug-likeness (QED) is 0.855. The van der Waals surface area contributed by atoms with Crippen molar-refractivity contribution in [3.63, 3.8) is 0 Å². The summed E-state index contributed by atoms with van der Waals surface area (Å²) in [4.78, 5) is 29.9. The van der Waals surface area contributed by atoms with Crippen LogP contribution < -0.4 is 0 Å². The predicted molar refractivity (Wildman–Crippen MR) is 88.4 cm³/mol. The minimum Gasteiger partial charge on any atom is -0.448 e. The molecule has 1 atom stereocenters. The molecular formula is C17H23N5O2. The van der Waals surface area contributed by atoms with E-state index in [1.807, 2.05) is 32.1 Å². The van der Waals surface area contributed by atoms with E-state index < -0.39 is 0 Å². The zero-order valence-corrected chi connectivity index (χ0v) is 14.6. The zero-order chi connectivity index (χ0) is 17.3. The van der Waals surface area contributed by atoms with Crippen LogP contribution in [0.4, 0.5) is 0 Å². The van der Waals surface area contributed by atoms with Gasteiger partial charge in [0.15, 0.2) is 12.1 Å². The first-order chi connectivity index (χ1) is 11.5. The van der Waals surface area contributed by atoms with Crippen LogP contribution in [0.3, 0.4) is 0 Å². The Morgan fingerprint density at radius 3 is 2.83 bits per heavy atom. The Balaban J connectivity index is 1.95. The van der Waals surface area contributed by atoms with Gasteiger partial charge >= 0.3 is 0 Å². The standard InChI is InChI=1S/C17H23N5O2/c1-11-15(19-10-24-11)17(23)22-7-5-6-14(22)16-13(9-21(3)4)8-18-12(2)20-16/h8,10,14H,5-7,9H2,1-4H3/t14-/m0/s1. The Bertz CT molecular complexity index is 740. The molecule has 0 aromatic carbocycles. The topological polar surface area (TPSA) is 75.4 Å². The largest absolute Gasteiger partial charge is 0.448 e. The number of carbonyl (C=O) groups is 1. The summed E-state index contributed by atoms with van der Waals surface area (Å²) in [7, 11) is 4.03. The van der Waals surface area contributed by atoms with Crippen molar-refractivity contribution in [1.82, 2.24) is 24.8 Å². The molecule has 7 heteroatoms. The molecule has 1 fully saturated rings. The van der Waals surface area contributed by atoms with Gasteiger partial charge in [-0.1, -0.05) is 0 Å². The van der Waals surface area contributed by atoms with E-state index in [1.165, 1.54) is 6.39 Å². The Morgan fingerprint density at radius 2 is 2.17 bits per heavy atom. The summed E-state index contributed by atoms with van der Waals surface area (Å²) < 4.78 is 5.19. The molecule has 0 unspecified atom stereocenters. The lowest BCUT2D eigenvalue weighted by atomic mass is 10.1. The highest BCUT2D eigenvalue weighted by molar-refractivity contribution is 5.93. The highest BCUT2D eigenvalue weighted by Gasteiger charge is 2.35. The highest BCUT2D eigenvalue weighted by atomic mass is 16.3. The molecule has 1 aliphatic heterocycles. The van der Waals surface area contributed by atoms with Crippen molar-refractivity contribution in [3.05, 3.63) is 41.1 Å². The van der Waals surface area contributed by atoms with Crippen LogP contribution in [0.25, 0.3) is 0 Å². The molecule has 0 N–H and O–H groups in total. The number of likely N-dealkylation sites (tertiary alicyclic amines) is 1. The summed E-state index contributed by atoms with van der Waals surface area (Å²) in [5.74, 6) is 1.19. The zero-order valence-electron chi connectivity index (χ0n) is 14.6. The van der Waals surface area contributed by atoms with Crippen LogP contribution in [0.1, 0.15) is 52.2 Å². The van der Waals surface area contributed by atoms with E-state index in [9.17, 15) is 4.79 Å². The average Bonchev–Trinajstić information content (AvgIpc) is 3.16. The number of rotatable bonds is 4. The van der Waals surface area contributed by atoms with E-state index >= 15 is 0 Å². The molecule has 0 bridgehead atoms. The molecule has 3 rings (SSSR count). The maximum Gasteiger partial charge on any atom is 0.276 e. The minimum atomic E-state index is -0.0872. The molecule has 1 saturated heterocycles. The van der Waals surface area contributed by atoms with Crippen molar-refractivity contribution in [3.8, 4) is 0 Å². The summed E-state index contributed by atoms with van der Waals surface area (Å²) in [6.45, 7) is 5.10. The predicted octanol–water partition coefficient (Wildman–Crippen LogP) is 2.12. The van der Waals surface area contributed by atoms with Gasteiger partial charge in [0, 0.05) is 24.8 Å². The third kappa shape index (κ3) is 3.17. The highest BCUT2D eigenvalue weighted by Crippen LogP contribution is 2.34. The smallest absolute Gasteiger partial charge is 0.276 e. The Hall–Kier alpha value is -2.28. The molecule has 0 aliphatic carbocycles.